The Morgan fingerprint density at radius 2 is 1.35 bits per heavy atom. The van der Waals surface area contributed by atoms with E-state index in [4.69, 9.17) is 4.74 Å². The van der Waals surface area contributed by atoms with Gasteiger partial charge in [-0.25, -0.2) is 4.39 Å². The van der Waals surface area contributed by atoms with E-state index in [0.29, 0.717) is 6.61 Å². The standard InChI is InChI=1S/C27H30FN5O/c1-5-34-24-12-10-23(11-13-24)33-19(3)25-18(2)29-30-27(26(25)20(33)4)32-16-14-31(15-17-32)22-8-6-21(28)7-9-22/h6-13H,5,14-17H2,1-4H3. The normalized spacial score (nSPS) is 14.1. The van der Waals surface area contributed by atoms with Gasteiger partial charge < -0.3 is 19.1 Å². The Morgan fingerprint density at radius 3 is 2.00 bits per heavy atom. The lowest BCUT2D eigenvalue weighted by Gasteiger charge is -2.36. The van der Waals surface area contributed by atoms with E-state index in [9.17, 15) is 4.39 Å². The molecule has 0 bridgehead atoms. The zero-order valence-corrected chi connectivity index (χ0v) is 20.2. The number of nitrogens with zero attached hydrogens (tertiary/aromatic N) is 5. The van der Waals surface area contributed by atoms with Gasteiger partial charge in [0.15, 0.2) is 5.82 Å². The van der Waals surface area contributed by atoms with Gasteiger partial charge in [-0.15, -0.1) is 5.10 Å². The van der Waals surface area contributed by atoms with E-state index in [-0.39, 0.29) is 5.82 Å². The SMILES string of the molecule is CCOc1ccc(-n2c(C)c3c(C)nnc(N4CCN(c5ccc(F)cc5)CC4)c3c2C)cc1. The number of rotatable bonds is 5. The van der Waals surface area contributed by atoms with Gasteiger partial charge in [-0.2, -0.15) is 5.10 Å². The number of halogens is 1. The van der Waals surface area contributed by atoms with Gasteiger partial charge in [-0.3, -0.25) is 0 Å². The summed E-state index contributed by atoms with van der Waals surface area (Å²) in [5.41, 5.74) is 5.41. The van der Waals surface area contributed by atoms with Gasteiger partial charge in [0.25, 0.3) is 0 Å². The first kappa shape index (κ1) is 22.2. The number of fused-ring (bicyclic) bond motifs is 1. The lowest BCUT2D eigenvalue weighted by atomic mass is 10.1. The molecule has 2 aromatic carbocycles. The van der Waals surface area contributed by atoms with Gasteiger partial charge in [0, 0.05) is 59.7 Å². The summed E-state index contributed by atoms with van der Waals surface area (Å²) >= 11 is 0. The van der Waals surface area contributed by atoms with Crippen LogP contribution in [0.2, 0.25) is 0 Å². The molecule has 7 heteroatoms. The van der Waals surface area contributed by atoms with Crippen molar-refractivity contribution in [1.82, 2.24) is 14.8 Å². The molecule has 3 heterocycles. The fourth-order valence-corrected chi connectivity index (χ4v) is 5.07. The number of hydrogen-bond donors (Lipinski definition) is 0. The van der Waals surface area contributed by atoms with Crippen LogP contribution in [0.15, 0.2) is 48.5 Å². The third kappa shape index (κ3) is 3.85. The molecule has 1 fully saturated rings. The molecule has 176 valence electrons. The number of anilines is 2. The molecular weight excluding hydrogens is 429 g/mol. The smallest absolute Gasteiger partial charge is 0.161 e. The summed E-state index contributed by atoms with van der Waals surface area (Å²) in [6.07, 6.45) is 0. The van der Waals surface area contributed by atoms with Crippen molar-refractivity contribution in [3.05, 3.63) is 71.4 Å². The molecule has 0 aliphatic carbocycles. The minimum atomic E-state index is -0.206. The van der Waals surface area contributed by atoms with Crippen LogP contribution in [0.5, 0.6) is 5.75 Å². The van der Waals surface area contributed by atoms with Crippen LogP contribution in [0.3, 0.4) is 0 Å². The first-order valence-electron chi connectivity index (χ1n) is 11.8. The lowest BCUT2D eigenvalue weighted by Crippen LogP contribution is -2.47. The molecule has 0 spiro atoms. The quantitative estimate of drug-likeness (QED) is 0.410. The molecule has 0 radical (unpaired) electrons. The van der Waals surface area contributed by atoms with Crippen molar-refractivity contribution in [2.45, 2.75) is 27.7 Å². The number of hydrogen-bond acceptors (Lipinski definition) is 5. The van der Waals surface area contributed by atoms with Crippen molar-refractivity contribution in [1.29, 1.82) is 0 Å². The minimum absolute atomic E-state index is 0.206. The fourth-order valence-electron chi connectivity index (χ4n) is 5.07. The van der Waals surface area contributed by atoms with Crippen molar-refractivity contribution in [2.75, 3.05) is 42.6 Å². The zero-order valence-electron chi connectivity index (χ0n) is 20.2. The molecule has 1 aliphatic rings. The van der Waals surface area contributed by atoms with E-state index >= 15 is 0 Å². The molecule has 6 nitrogen and oxygen atoms in total. The van der Waals surface area contributed by atoms with Gasteiger partial charge in [0.1, 0.15) is 11.6 Å². The fraction of sp³-hybridized carbons (Fsp3) is 0.333. The highest BCUT2D eigenvalue weighted by Crippen LogP contribution is 2.36. The summed E-state index contributed by atoms with van der Waals surface area (Å²) in [7, 11) is 0. The first-order valence-corrected chi connectivity index (χ1v) is 11.8. The Labute approximate surface area is 199 Å². The number of piperazine rings is 1. The molecule has 1 aliphatic heterocycles. The molecular formula is C27H30FN5O. The third-order valence-electron chi connectivity index (χ3n) is 6.70. The summed E-state index contributed by atoms with van der Waals surface area (Å²) in [5.74, 6) is 1.60. The monoisotopic (exact) mass is 459 g/mol. The van der Waals surface area contributed by atoms with Crippen molar-refractivity contribution in [3.63, 3.8) is 0 Å². The van der Waals surface area contributed by atoms with E-state index in [1.54, 1.807) is 0 Å². The number of aromatic nitrogens is 3. The molecule has 5 rings (SSSR count). The molecule has 0 unspecified atom stereocenters. The predicted molar refractivity (Wildman–Crippen MR) is 135 cm³/mol. The first-order chi connectivity index (χ1) is 16.5. The summed E-state index contributed by atoms with van der Waals surface area (Å²) < 4.78 is 21.2. The zero-order chi connectivity index (χ0) is 23.8. The van der Waals surface area contributed by atoms with Crippen LogP contribution in [0.25, 0.3) is 16.5 Å². The van der Waals surface area contributed by atoms with Gasteiger partial charge in [0.2, 0.25) is 0 Å². The topological polar surface area (TPSA) is 46.4 Å². The van der Waals surface area contributed by atoms with Crippen LogP contribution in [0.4, 0.5) is 15.9 Å². The van der Waals surface area contributed by atoms with Gasteiger partial charge in [-0.05, 0) is 76.2 Å². The lowest BCUT2D eigenvalue weighted by molar-refractivity contribution is 0.340. The van der Waals surface area contributed by atoms with Crippen LogP contribution in [0.1, 0.15) is 24.0 Å². The van der Waals surface area contributed by atoms with Crippen molar-refractivity contribution in [2.24, 2.45) is 0 Å². The summed E-state index contributed by atoms with van der Waals surface area (Å²) in [5, 5.41) is 11.5. The van der Waals surface area contributed by atoms with Gasteiger partial charge in [0.05, 0.1) is 12.3 Å². The van der Waals surface area contributed by atoms with Crippen LogP contribution in [-0.4, -0.2) is 47.6 Å². The van der Waals surface area contributed by atoms with E-state index < -0.39 is 0 Å². The summed E-state index contributed by atoms with van der Waals surface area (Å²) in [6.45, 7) is 12.3. The number of aryl methyl sites for hydroxylation is 3. The molecule has 0 saturated carbocycles. The minimum Gasteiger partial charge on any atom is -0.494 e. The molecule has 0 amide bonds. The van der Waals surface area contributed by atoms with Crippen molar-refractivity contribution >= 4 is 22.3 Å². The van der Waals surface area contributed by atoms with Gasteiger partial charge >= 0.3 is 0 Å². The van der Waals surface area contributed by atoms with Crippen molar-refractivity contribution < 1.29 is 9.13 Å². The van der Waals surface area contributed by atoms with E-state index in [1.807, 2.05) is 38.1 Å². The van der Waals surface area contributed by atoms with Crippen LogP contribution in [0, 0.1) is 26.6 Å². The third-order valence-corrected chi connectivity index (χ3v) is 6.70. The van der Waals surface area contributed by atoms with Crippen molar-refractivity contribution in [3.8, 4) is 11.4 Å². The maximum absolute atomic E-state index is 13.3. The molecule has 0 atom stereocenters. The Kier molecular flexibility index (Phi) is 5.86. The second-order valence-electron chi connectivity index (χ2n) is 8.74. The average Bonchev–Trinajstić information content (AvgIpc) is 3.12. The van der Waals surface area contributed by atoms with Gasteiger partial charge in [-0.1, -0.05) is 0 Å². The Morgan fingerprint density at radius 1 is 0.765 bits per heavy atom. The second kappa shape index (κ2) is 8.97. The molecule has 2 aromatic heterocycles. The summed E-state index contributed by atoms with van der Waals surface area (Å²) in [4.78, 5) is 4.61. The largest absolute Gasteiger partial charge is 0.494 e. The Hall–Kier alpha value is -3.61. The van der Waals surface area contributed by atoms with Crippen LogP contribution >= 0.6 is 0 Å². The maximum atomic E-state index is 13.3. The van der Waals surface area contributed by atoms with Crippen LogP contribution < -0.4 is 14.5 Å². The maximum Gasteiger partial charge on any atom is 0.161 e. The second-order valence-corrected chi connectivity index (χ2v) is 8.74. The van der Waals surface area contributed by atoms with E-state index in [2.05, 4.69) is 50.5 Å². The predicted octanol–water partition coefficient (Wildman–Crippen LogP) is 5.21. The molecule has 1 saturated heterocycles. The Bertz CT molecular complexity index is 1310. The number of benzene rings is 2. The highest BCUT2D eigenvalue weighted by Gasteiger charge is 2.25. The highest BCUT2D eigenvalue weighted by molar-refractivity contribution is 5.98. The summed E-state index contributed by atoms with van der Waals surface area (Å²) in [6, 6.07) is 15.0. The Balaban J connectivity index is 1.49. The molecule has 34 heavy (non-hydrogen) atoms. The molecule has 4 aromatic rings. The molecule has 0 N–H and O–H groups in total. The number of ether oxygens (including phenoxy) is 1. The van der Waals surface area contributed by atoms with E-state index in [0.717, 1.165) is 77.0 Å². The highest BCUT2D eigenvalue weighted by atomic mass is 19.1. The van der Waals surface area contributed by atoms with Crippen LogP contribution in [-0.2, 0) is 0 Å². The van der Waals surface area contributed by atoms with E-state index in [1.165, 1.54) is 12.1 Å². The average molecular weight is 460 g/mol.